The van der Waals surface area contributed by atoms with Gasteiger partial charge in [0.25, 0.3) is 5.91 Å². The predicted molar refractivity (Wildman–Crippen MR) is 124 cm³/mol. The van der Waals surface area contributed by atoms with E-state index in [1.165, 1.54) is 11.8 Å². The minimum Gasteiger partial charge on any atom is -0.484 e. The van der Waals surface area contributed by atoms with Crippen molar-refractivity contribution >= 4 is 23.7 Å². The summed E-state index contributed by atoms with van der Waals surface area (Å²) in [5.74, 6) is 0.273. The molecule has 2 aromatic carbocycles. The molecular weight excluding hydrogens is 412 g/mol. The van der Waals surface area contributed by atoms with Gasteiger partial charge in [0.1, 0.15) is 10.9 Å². The van der Waals surface area contributed by atoms with Crippen LogP contribution in [0.2, 0.25) is 5.15 Å². The lowest BCUT2D eigenvalue weighted by Gasteiger charge is -2.19. The first kappa shape index (κ1) is 22.6. The van der Waals surface area contributed by atoms with Crippen molar-refractivity contribution in [2.24, 2.45) is 5.10 Å². The number of ether oxygens (including phenoxy) is 1. The van der Waals surface area contributed by atoms with Gasteiger partial charge in [0, 0.05) is 0 Å². The Morgan fingerprint density at radius 1 is 1.16 bits per heavy atom. The molecule has 162 valence electrons. The monoisotopic (exact) mass is 438 g/mol. The third-order valence-electron chi connectivity index (χ3n) is 4.76. The SMILES string of the molecule is Cc1nn(Cc2ccccc2)c(Cl)c1/C=N\NC(=O)COc1ccc(C(C)(C)C)cc1. The van der Waals surface area contributed by atoms with Crippen LogP contribution in [0.1, 0.15) is 43.2 Å². The van der Waals surface area contributed by atoms with Crippen molar-refractivity contribution in [3.8, 4) is 5.75 Å². The Bertz CT molecular complexity index is 1050. The summed E-state index contributed by atoms with van der Waals surface area (Å²) < 4.78 is 7.24. The number of hydrazone groups is 1. The summed E-state index contributed by atoms with van der Waals surface area (Å²) >= 11 is 6.45. The summed E-state index contributed by atoms with van der Waals surface area (Å²) in [4.78, 5) is 12.0. The van der Waals surface area contributed by atoms with Crippen LogP contribution in [-0.4, -0.2) is 28.5 Å². The van der Waals surface area contributed by atoms with Gasteiger partial charge in [-0.05, 0) is 35.6 Å². The number of carbonyl (C=O) groups is 1. The van der Waals surface area contributed by atoms with Crippen LogP contribution in [0.15, 0.2) is 59.7 Å². The quantitative estimate of drug-likeness (QED) is 0.428. The van der Waals surface area contributed by atoms with Crippen molar-refractivity contribution in [1.29, 1.82) is 0 Å². The molecule has 0 atom stereocenters. The maximum absolute atomic E-state index is 12.0. The fourth-order valence-electron chi connectivity index (χ4n) is 2.98. The average Bonchev–Trinajstić information content (AvgIpc) is 3.00. The zero-order chi connectivity index (χ0) is 22.4. The Labute approximate surface area is 187 Å². The van der Waals surface area contributed by atoms with Crippen LogP contribution < -0.4 is 10.2 Å². The van der Waals surface area contributed by atoms with E-state index in [0.29, 0.717) is 23.0 Å². The summed E-state index contributed by atoms with van der Waals surface area (Å²) in [7, 11) is 0. The lowest BCUT2D eigenvalue weighted by atomic mass is 9.87. The Morgan fingerprint density at radius 3 is 2.48 bits per heavy atom. The normalized spacial score (nSPS) is 11.6. The van der Waals surface area contributed by atoms with Crippen molar-refractivity contribution in [1.82, 2.24) is 15.2 Å². The first-order valence-electron chi connectivity index (χ1n) is 10.1. The molecular formula is C24H27ClN4O2. The Hall–Kier alpha value is -3.12. The molecule has 1 heterocycles. The lowest BCUT2D eigenvalue weighted by Crippen LogP contribution is -2.24. The first-order chi connectivity index (χ1) is 14.7. The van der Waals surface area contributed by atoms with Crippen LogP contribution in [-0.2, 0) is 16.8 Å². The molecule has 1 N–H and O–H groups in total. The van der Waals surface area contributed by atoms with E-state index >= 15 is 0 Å². The summed E-state index contributed by atoms with van der Waals surface area (Å²) in [5.41, 5.74) is 6.22. The fraction of sp³-hybridized carbons (Fsp3) is 0.292. The number of rotatable bonds is 7. The van der Waals surface area contributed by atoms with Gasteiger partial charge >= 0.3 is 0 Å². The highest BCUT2D eigenvalue weighted by Crippen LogP contribution is 2.24. The van der Waals surface area contributed by atoms with Gasteiger partial charge in [-0.1, -0.05) is 74.8 Å². The standard InChI is InChI=1S/C24H27ClN4O2/c1-17-21(23(25)29(28-17)15-18-8-6-5-7-9-18)14-26-27-22(30)16-31-20-12-10-19(11-13-20)24(2,3)4/h5-14H,15-16H2,1-4H3,(H,27,30)/b26-14-. The maximum Gasteiger partial charge on any atom is 0.277 e. The molecule has 0 spiro atoms. The summed E-state index contributed by atoms with van der Waals surface area (Å²) in [6, 6.07) is 17.7. The molecule has 0 saturated heterocycles. The lowest BCUT2D eigenvalue weighted by molar-refractivity contribution is -0.123. The van der Waals surface area contributed by atoms with E-state index in [2.05, 4.69) is 36.4 Å². The number of benzene rings is 2. The molecule has 0 saturated carbocycles. The average molecular weight is 439 g/mol. The molecule has 7 heteroatoms. The number of aromatic nitrogens is 2. The molecule has 0 aliphatic heterocycles. The van der Waals surface area contributed by atoms with E-state index in [1.54, 1.807) is 4.68 Å². The van der Waals surface area contributed by atoms with E-state index in [9.17, 15) is 4.79 Å². The van der Waals surface area contributed by atoms with Crippen molar-refractivity contribution < 1.29 is 9.53 Å². The van der Waals surface area contributed by atoms with Gasteiger partial charge in [-0.2, -0.15) is 10.2 Å². The molecule has 0 aliphatic carbocycles. The summed E-state index contributed by atoms with van der Waals surface area (Å²) in [6.07, 6.45) is 1.50. The second kappa shape index (κ2) is 9.79. The highest BCUT2D eigenvalue weighted by Gasteiger charge is 2.14. The number of carbonyl (C=O) groups excluding carboxylic acids is 1. The highest BCUT2D eigenvalue weighted by molar-refractivity contribution is 6.32. The minimum absolute atomic E-state index is 0.0684. The largest absolute Gasteiger partial charge is 0.484 e. The minimum atomic E-state index is -0.360. The summed E-state index contributed by atoms with van der Waals surface area (Å²) in [6.45, 7) is 8.71. The van der Waals surface area contributed by atoms with E-state index < -0.39 is 0 Å². The molecule has 0 unspecified atom stereocenters. The second-order valence-electron chi connectivity index (χ2n) is 8.29. The third kappa shape index (κ3) is 6.18. The van der Waals surface area contributed by atoms with Gasteiger partial charge < -0.3 is 4.74 Å². The van der Waals surface area contributed by atoms with Crippen LogP contribution in [0.4, 0.5) is 0 Å². The van der Waals surface area contributed by atoms with Crippen molar-refractivity contribution in [2.45, 2.75) is 39.7 Å². The number of hydrogen-bond donors (Lipinski definition) is 1. The fourth-order valence-corrected chi connectivity index (χ4v) is 3.26. The van der Waals surface area contributed by atoms with Crippen LogP contribution in [0.3, 0.4) is 0 Å². The van der Waals surface area contributed by atoms with Crippen molar-refractivity contribution in [2.75, 3.05) is 6.61 Å². The first-order valence-corrected chi connectivity index (χ1v) is 10.4. The molecule has 1 amide bonds. The Balaban J connectivity index is 1.54. The Kier molecular flexibility index (Phi) is 7.13. The number of nitrogens with one attached hydrogen (secondary N) is 1. The molecule has 0 radical (unpaired) electrons. The number of aryl methyl sites for hydroxylation is 1. The van der Waals surface area contributed by atoms with Crippen LogP contribution >= 0.6 is 11.6 Å². The van der Waals surface area contributed by atoms with Gasteiger partial charge in [-0.25, -0.2) is 10.1 Å². The van der Waals surface area contributed by atoms with Gasteiger partial charge in [-0.3, -0.25) is 4.79 Å². The van der Waals surface area contributed by atoms with Gasteiger partial charge in [0.15, 0.2) is 6.61 Å². The molecule has 1 aromatic heterocycles. The van der Waals surface area contributed by atoms with E-state index in [1.807, 2.05) is 61.5 Å². The van der Waals surface area contributed by atoms with E-state index in [-0.39, 0.29) is 17.9 Å². The van der Waals surface area contributed by atoms with E-state index in [0.717, 1.165) is 11.3 Å². The predicted octanol–water partition coefficient (Wildman–Crippen LogP) is 4.72. The van der Waals surface area contributed by atoms with Crippen molar-refractivity contribution in [3.63, 3.8) is 0 Å². The molecule has 0 fully saturated rings. The van der Waals surface area contributed by atoms with E-state index in [4.69, 9.17) is 16.3 Å². The maximum atomic E-state index is 12.0. The molecule has 6 nitrogen and oxygen atoms in total. The Morgan fingerprint density at radius 2 is 1.84 bits per heavy atom. The number of nitrogens with zero attached hydrogens (tertiary/aromatic N) is 3. The van der Waals surface area contributed by atoms with Crippen LogP contribution in [0, 0.1) is 6.92 Å². The van der Waals surface area contributed by atoms with Gasteiger partial charge in [0.05, 0.1) is 24.0 Å². The second-order valence-corrected chi connectivity index (χ2v) is 8.65. The zero-order valence-corrected chi connectivity index (χ0v) is 19.0. The molecule has 3 aromatic rings. The summed E-state index contributed by atoms with van der Waals surface area (Å²) in [5, 5.41) is 8.93. The molecule has 31 heavy (non-hydrogen) atoms. The number of amides is 1. The van der Waals surface area contributed by atoms with Crippen molar-refractivity contribution in [3.05, 3.63) is 82.1 Å². The highest BCUT2D eigenvalue weighted by atomic mass is 35.5. The smallest absolute Gasteiger partial charge is 0.277 e. The number of hydrogen-bond acceptors (Lipinski definition) is 4. The molecule has 0 aliphatic rings. The van der Waals surface area contributed by atoms with Gasteiger partial charge in [0.2, 0.25) is 0 Å². The van der Waals surface area contributed by atoms with Crippen LogP contribution in [0.25, 0.3) is 0 Å². The number of halogens is 1. The van der Waals surface area contributed by atoms with Gasteiger partial charge in [-0.15, -0.1) is 0 Å². The topological polar surface area (TPSA) is 68.5 Å². The third-order valence-corrected chi connectivity index (χ3v) is 5.16. The molecule has 0 bridgehead atoms. The molecule has 3 rings (SSSR count). The zero-order valence-electron chi connectivity index (χ0n) is 18.2. The van der Waals surface area contributed by atoms with Crippen LogP contribution in [0.5, 0.6) is 5.75 Å².